The Bertz CT molecular complexity index is 504. The number of carbonyl (C=O) groups excluding carboxylic acids is 1. The predicted molar refractivity (Wildman–Crippen MR) is 69.9 cm³/mol. The minimum absolute atomic E-state index is 0.165. The van der Waals surface area contributed by atoms with Gasteiger partial charge in [0.2, 0.25) is 5.91 Å². The van der Waals surface area contributed by atoms with Crippen LogP contribution in [0.1, 0.15) is 30.1 Å². The molecule has 2 heterocycles. The summed E-state index contributed by atoms with van der Waals surface area (Å²) in [7, 11) is 0. The van der Waals surface area contributed by atoms with Crippen LogP contribution in [0.3, 0.4) is 0 Å². The highest BCUT2D eigenvalue weighted by atomic mass is 16.4. The van der Waals surface area contributed by atoms with Gasteiger partial charge in [0, 0.05) is 18.8 Å². The van der Waals surface area contributed by atoms with Crippen molar-refractivity contribution in [3.63, 3.8) is 0 Å². The van der Waals surface area contributed by atoms with Crippen LogP contribution in [-0.2, 0) is 4.79 Å². The highest BCUT2D eigenvalue weighted by molar-refractivity contribution is 5.94. The van der Waals surface area contributed by atoms with E-state index in [1.807, 2.05) is 11.8 Å². The zero-order valence-corrected chi connectivity index (χ0v) is 10.7. The van der Waals surface area contributed by atoms with Crippen molar-refractivity contribution in [2.24, 2.45) is 11.7 Å². The van der Waals surface area contributed by atoms with E-state index in [1.54, 1.807) is 0 Å². The largest absolute Gasteiger partial charge is 0.478 e. The molecule has 1 saturated heterocycles. The molecule has 0 bridgehead atoms. The van der Waals surface area contributed by atoms with Crippen molar-refractivity contribution in [2.45, 2.75) is 25.8 Å². The first kappa shape index (κ1) is 13.3. The number of nitrogens with zero attached hydrogens (tertiary/aromatic N) is 2. The quantitative estimate of drug-likeness (QED) is 0.843. The number of aromatic nitrogens is 1. The first-order valence-corrected chi connectivity index (χ1v) is 6.24. The summed E-state index contributed by atoms with van der Waals surface area (Å²) in [5, 5.41) is 9.21. The summed E-state index contributed by atoms with van der Waals surface area (Å²) in [6.07, 6.45) is 4.54. The lowest BCUT2D eigenvalue weighted by Gasteiger charge is -2.38. The molecular weight excluding hydrogens is 246 g/mol. The van der Waals surface area contributed by atoms with Crippen molar-refractivity contribution in [3.05, 3.63) is 24.0 Å². The van der Waals surface area contributed by atoms with Gasteiger partial charge in [0.1, 0.15) is 0 Å². The fraction of sp³-hybridized carbons (Fsp3) is 0.462. The number of amides is 1. The summed E-state index contributed by atoms with van der Waals surface area (Å²) in [6.45, 7) is 2.46. The summed E-state index contributed by atoms with van der Waals surface area (Å²) in [5.74, 6) is -1.57. The van der Waals surface area contributed by atoms with Crippen LogP contribution in [0.5, 0.6) is 0 Å². The summed E-state index contributed by atoms with van der Waals surface area (Å²) in [4.78, 5) is 28.5. The van der Waals surface area contributed by atoms with Crippen LogP contribution in [-0.4, -0.2) is 34.6 Å². The minimum Gasteiger partial charge on any atom is -0.478 e. The molecule has 2 rings (SSSR count). The maximum absolute atomic E-state index is 11.3. The number of primary amides is 1. The number of hydrogen-bond acceptors (Lipinski definition) is 4. The highest BCUT2D eigenvalue weighted by Crippen LogP contribution is 2.29. The maximum Gasteiger partial charge on any atom is 0.337 e. The number of piperidine rings is 1. The Morgan fingerprint density at radius 3 is 2.84 bits per heavy atom. The molecule has 2 unspecified atom stereocenters. The molecule has 1 aromatic rings. The molecule has 1 amide bonds. The van der Waals surface area contributed by atoms with Crippen LogP contribution in [0.25, 0.3) is 0 Å². The Kier molecular flexibility index (Phi) is 3.69. The number of carboxylic acids is 1. The average molecular weight is 263 g/mol. The number of anilines is 1. The molecule has 1 aliphatic rings. The Hall–Kier alpha value is -2.11. The van der Waals surface area contributed by atoms with Crippen molar-refractivity contribution in [2.75, 3.05) is 11.4 Å². The van der Waals surface area contributed by atoms with E-state index in [1.165, 1.54) is 18.5 Å². The molecule has 6 heteroatoms. The molecule has 0 radical (unpaired) electrons. The lowest BCUT2D eigenvalue weighted by atomic mass is 9.92. The van der Waals surface area contributed by atoms with Gasteiger partial charge >= 0.3 is 5.97 Å². The van der Waals surface area contributed by atoms with E-state index < -0.39 is 5.97 Å². The number of nitrogens with two attached hydrogens (primary N) is 1. The predicted octanol–water partition coefficient (Wildman–Crippen LogP) is 0.870. The van der Waals surface area contributed by atoms with E-state index >= 15 is 0 Å². The smallest absolute Gasteiger partial charge is 0.337 e. The van der Waals surface area contributed by atoms with Crippen LogP contribution in [0.15, 0.2) is 18.5 Å². The molecule has 1 fully saturated rings. The van der Waals surface area contributed by atoms with Gasteiger partial charge < -0.3 is 15.7 Å². The average Bonchev–Trinajstić information content (AvgIpc) is 2.39. The summed E-state index contributed by atoms with van der Waals surface area (Å²) < 4.78 is 0. The second kappa shape index (κ2) is 5.26. The SMILES string of the molecule is CC1CCC(C(N)=O)CN1c1cnccc1C(=O)O. The topological polar surface area (TPSA) is 96.5 Å². The standard InChI is InChI=1S/C13H17N3O3/c1-8-2-3-9(12(14)17)7-16(8)11-6-15-5-4-10(11)13(18)19/h4-6,8-9H,2-3,7H2,1H3,(H2,14,17)(H,18,19). The zero-order valence-electron chi connectivity index (χ0n) is 10.7. The van der Waals surface area contributed by atoms with Gasteiger partial charge in [-0.2, -0.15) is 0 Å². The summed E-state index contributed by atoms with van der Waals surface area (Å²) in [6, 6.07) is 1.64. The molecule has 1 aliphatic heterocycles. The van der Waals surface area contributed by atoms with Crippen molar-refractivity contribution < 1.29 is 14.7 Å². The van der Waals surface area contributed by atoms with E-state index in [0.717, 1.165) is 12.8 Å². The molecule has 19 heavy (non-hydrogen) atoms. The fourth-order valence-corrected chi connectivity index (χ4v) is 2.47. The van der Waals surface area contributed by atoms with Crippen LogP contribution >= 0.6 is 0 Å². The molecule has 0 aliphatic carbocycles. The van der Waals surface area contributed by atoms with Crippen molar-refractivity contribution in [3.8, 4) is 0 Å². The van der Waals surface area contributed by atoms with Gasteiger partial charge in [-0.05, 0) is 25.8 Å². The van der Waals surface area contributed by atoms with Crippen LogP contribution in [0, 0.1) is 5.92 Å². The second-order valence-electron chi connectivity index (χ2n) is 4.88. The van der Waals surface area contributed by atoms with Gasteiger partial charge in [-0.3, -0.25) is 9.78 Å². The zero-order chi connectivity index (χ0) is 14.0. The highest BCUT2D eigenvalue weighted by Gasteiger charge is 2.30. The van der Waals surface area contributed by atoms with Gasteiger partial charge in [0.05, 0.1) is 23.4 Å². The summed E-state index contributed by atoms with van der Waals surface area (Å²) >= 11 is 0. The van der Waals surface area contributed by atoms with Gasteiger partial charge in [-0.15, -0.1) is 0 Å². The third-order valence-electron chi connectivity index (χ3n) is 3.62. The number of pyridine rings is 1. The Balaban J connectivity index is 2.33. The van der Waals surface area contributed by atoms with E-state index in [2.05, 4.69) is 4.98 Å². The third-order valence-corrected chi connectivity index (χ3v) is 3.62. The van der Waals surface area contributed by atoms with Gasteiger partial charge in [-0.1, -0.05) is 0 Å². The van der Waals surface area contributed by atoms with Crippen LogP contribution < -0.4 is 10.6 Å². The Morgan fingerprint density at radius 2 is 2.21 bits per heavy atom. The second-order valence-corrected chi connectivity index (χ2v) is 4.88. The van der Waals surface area contributed by atoms with E-state index in [4.69, 9.17) is 5.73 Å². The van der Waals surface area contributed by atoms with Gasteiger partial charge in [-0.25, -0.2) is 4.79 Å². The normalized spacial score (nSPS) is 23.1. The molecule has 0 saturated carbocycles. The molecule has 2 atom stereocenters. The molecule has 102 valence electrons. The first-order chi connectivity index (χ1) is 9.00. The van der Waals surface area contributed by atoms with Gasteiger partial charge in [0.15, 0.2) is 0 Å². The summed E-state index contributed by atoms with van der Waals surface area (Å²) in [5.41, 5.74) is 6.10. The van der Waals surface area contributed by atoms with Crippen molar-refractivity contribution >= 4 is 17.6 Å². The number of aromatic carboxylic acids is 1. The van der Waals surface area contributed by atoms with E-state index in [-0.39, 0.29) is 23.4 Å². The number of hydrogen-bond donors (Lipinski definition) is 2. The molecule has 0 aromatic carbocycles. The van der Waals surface area contributed by atoms with Gasteiger partial charge in [0.25, 0.3) is 0 Å². The molecule has 6 nitrogen and oxygen atoms in total. The number of carboxylic acid groups (broad SMARTS) is 1. The fourth-order valence-electron chi connectivity index (χ4n) is 2.47. The van der Waals surface area contributed by atoms with E-state index in [9.17, 15) is 14.7 Å². The first-order valence-electron chi connectivity index (χ1n) is 6.24. The molecular formula is C13H17N3O3. The van der Waals surface area contributed by atoms with Crippen LogP contribution in [0.2, 0.25) is 0 Å². The molecule has 3 N–H and O–H groups in total. The molecule has 1 aromatic heterocycles. The van der Waals surface area contributed by atoms with E-state index in [0.29, 0.717) is 12.2 Å². The van der Waals surface area contributed by atoms with Crippen molar-refractivity contribution in [1.82, 2.24) is 4.98 Å². The minimum atomic E-state index is -0.995. The number of carbonyl (C=O) groups is 2. The Morgan fingerprint density at radius 1 is 1.47 bits per heavy atom. The van der Waals surface area contributed by atoms with Crippen LogP contribution in [0.4, 0.5) is 5.69 Å². The monoisotopic (exact) mass is 263 g/mol. The third kappa shape index (κ3) is 2.67. The number of rotatable bonds is 3. The molecule has 0 spiro atoms. The lowest BCUT2D eigenvalue weighted by Crippen LogP contribution is -2.46. The maximum atomic E-state index is 11.3. The van der Waals surface area contributed by atoms with Crippen molar-refractivity contribution in [1.29, 1.82) is 0 Å². The lowest BCUT2D eigenvalue weighted by molar-refractivity contribution is -0.122. The Labute approximate surface area is 111 Å².